The Balaban J connectivity index is 1.38. The van der Waals surface area contributed by atoms with Crippen LogP contribution in [-0.2, 0) is 11.0 Å². The maximum Gasteiger partial charge on any atom is 0.416 e. The molecule has 0 atom stereocenters. The Labute approximate surface area is 201 Å². The fraction of sp³-hybridized carbons (Fsp3) is 0.480. The highest BCUT2D eigenvalue weighted by molar-refractivity contribution is 5.96. The van der Waals surface area contributed by atoms with Crippen molar-refractivity contribution in [2.75, 3.05) is 19.6 Å². The van der Waals surface area contributed by atoms with Crippen molar-refractivity contribution in [3.8, 4) is 0 Å². The van der Waals surface area contributed by atoms with Crippen molar-refractivity contribution < 1.29 is 22.8 Å². The number of aryl methyl sites for hydroxylation is 1. The molecule has 4 rings (SSSR count). The van der Waals surface area contributed by atoms with E-state index in [-0.39, 0.29) is 41.7 Å². The van der Waals surface area contributed by atoms with Gasteiger partial charge in [-0.1, -0.05) is 12.1 Å². The number of aromatic nitrogens is 1. The lowest BCUT2D eigenvalue weighted by molar-refractivity contribution is -0.138. The largest absolute Gasteiger partial charge is 0.416 e. The van der Waals surface area contributed by atoms with E-state index in [1.807, 2.05) is 18.0 Å². The smallest absolute Gasteiger partial charge is 0.343 e. The molecule has 1 saturated heterocycles. The molecule has 1 aromatic carbocycles. The van der Waals surface area contributed by atoms with Crippen LogP contribution in [0.3, 0.4) is 0 Å². The Bertz CT molecular complexity index is 1140. The van der Waals surface area contributed by atoms with Crippen LogP contribution in [-0.4, -0.2) is 53.0 Å². The second-order valence-electron chi connectivity index (χ2n) is 9.29. The van der Waals surface area contributed by atoms with E-state index in [2.05, 4.69) is 10.6 Å². The third-order valence-corrected chi connectivity index (χ3v) is 6.83. The third-order valence-electron chi connectivity index (χ3n) is 6.83. The zero-order chi connectivity index (χ0) is 25.2. The number of carbonyl (C=O) groups excluding carboxylic acids is 2. The van der Waals surface area contributed by atoms with Crippen LogP contribution in [0.4, 0.5) is 13.2 Å². The summed E-state index contributed by atoms with van der Waals surface area (Å²) in [6.07, 6.45) is 0.296. The Kier molecular flexibility index (Phi) is 7.30. The third kappa shape index (κ3) is 5.75. The van der Waals surface area contributed by atoms with Crippen molar-refractivity contribution in [1.29, 1.82) is 0 Å². The summed E-state index contributed by atoms with van der Waals surface area (Å²) in [6.45, 7) is 2.97. The second kappa shape index (κ2) is 10.2. The molecule has 0 unspecified atom stereocenters. The fourth-order valence-corrected chi connectivity index (χ4v) is 4.88. The maximum atomic E-state index is 13.1. The summed E-state index contributed by atoms with van der Waals surface area (Å²) < 4.78 is 40.6. The van der Waals surface area contributed by atoms with E-state index >= 15 is 0 Å². The summed E-state index contributed by atoms with van der Waals surface area (Å²) in [5.41, 5.74) is -0.0789. The molecule has 0 radical (unpaired) electrons. The molecule has 10 heteroatoms. The minimum absolute atomic E-state index is 0.0104. The SMILES string of the molecule is Cc1ccc(=O)n(C2CCC(N(C(=O)CNC(=O)c3cccc(C(F)(F)F)c3)C3CNC3)CC2)c1. The number of hydrogen-bond donors (Lipinski definition) is 2. The average molecular weight is 491 g/mol. The fourth-order valence-electron chi connectivity index (χ4n) is 4.88. The zero-order valence-electron chi connectivity index (χ0n) is 19.5. The average Bonchev–Trinajstić information content (AvgIpc) is 2.81. The standard InChI is InChI=1S/C25H29F3N4O3/c1-16-5-10-22(33)31(15-16)19-6-8-20(9-7-19)32(21-12-29-13-21)23(34)14-30-24(35)17-3-2-4-18(11-17)25(26,27)28/h2-5,10-11,15,19-21,29H,6-9,12-14H2,1H3,(H,30,35). The lowest BCUT2D eigenvalue weighted by Gasteiger charge is -2.45. The molecule has 35 heavy (non-hydrogen) atoms. The van der Waals surface area contributed by atoms with Gasteiger partial charge in [-0.15, -0.1) is 0 Å². The first kappa shape index (κ1) is 25.0. The van der Waals surface area contributed by atoms with Gasteiger partial charge in [-0.3, -0.25) is 14.4 Å². The van der Waals surface area contributed by atoms with Crippen LogP contribution in [0.1, 0.15) is 53.2 Å². The minimum Gasteiger partial charge on any atom is -0.343 e. The summed E-state index contributed by atoms with van der Waals surface area (Å²) in [5.74, 6) is -0.980. The molecule has 2 aromatic rings. The first-order valence-electron chi connectivity index (χ1n) is 11.8. The summed E-state index contributed by atoms with van der Waals surface area (Å²) in [7, 11) is 0. The number of alkyl halides is 3. The molecular formula is C25H29F3N4O3. The van der Waals surface area contributed by atoms with Crippen molar-refractivity contribution >= 4 is 11.8 Å². The van der Waals surface area contributed by atoms with Gasteiger partial charge < -0.3 is 20.1 Å². The van der Waals surface area contributed by atoms with Gasteiger partial charge in [0.2, 0.25) is 5.91 Å². The number of hydrogen-bond acceptors (Lipinski definition) is 4. The molecule has 2 N–H and O–H groups in total. The molecule has 7 nitrogen and oxygen atoms in total. The Morgan fingerprint density at radius 1 is 1.09 bits per heavy atom. The molecular weight excluding hydrogens is 461 g/mol. The molecule has 1 aliphatic carbocycles. The predicted octanol–water partition coefficient (Wildman–Crippen LogP) is 2.89. The van der Waals surface area contributed by atoms with Crippen LogP contribution in [0, 0.1) is 6.92 Å². The molecule has 2 aliphatic rings. The maximum absolute atomic E-state index is 13.1. The first-order chi connectivity index (χ1) is 16.6. The zero-order valence-corrected chi connectivity index (χ0v) is 19.5. The number of carbonyl (C=O) groups is 2. The van der Waals surface area contributed by atoms with Gasteiger partial charge in [-0.25, -0.2) is 0 Å². The van der Waals surface area contributed by atoms with Gasteiger partial charge in [0.25, 0.3) is 11.5 Å². The molecule has 0 bridgehead atoms. The number of nitrogens with one attached hydrogen (secondary N) is 2. The van der Waals surface area contributed by atoms with E-state index in [1.165, 1.54) is 12.1 Å². The summed E-state index contributed by atoms with van der Waals surface area (Å²) in [6, 6.07) is 7.58. The van der Waals surface area contributed by atoms with E-state index in [4.69, 9.17) is 0 Å². The molecule has 1 aromatic heterocycles. The van der Waals surface area contributed by atoms with Crippen LogP contribution < -0.4 is 16.2 Å². The lowest BCUT2D eigenvalue weighted by Crippen LogP contribution is -2.63. The van der Waals surface area contributed by atoms with E-state index in [9.17, 15) is 27.6 Å². The number of pyridine rings is 1. The molecule has 1 aliphatic heterocycles. The van der Waals surface area contributed by atoms with Crippen LogP contribution in [0.5, 0.6) is 0 Å². The van der Waals surface area contributed by atoms with Crippen LogP contribution in [0.25, 0.3) is 0 Å². The van der Waals surface area contributed by atoms with Crippen molar-refractivity contribution in [3.05, 3.63) is 69.6 Å². The molecule has 0 spiro atoms. The Morgan fingerprint density at radius 3 is 2.43 bits per heavy atom. The Morgan fingerprint density at radius 2 is 1.80 bits per heavy atom. The summed E-state index contributed by atoms with van der Waals surface area (Å²) in [4.78, 5) is 39.7. The highest BCUT2D eigenvalue weighted by atomic mass is 19.4. The highest BCUT2D eigenvalue weighted by Gasteiger charge is 2.37. The van der Waals surface area contributed by atoms with Gasteiger partial charge in [0.05, 0.1) is 18.2 Å². The normalized spacial score (nSPS) is 20.7. The molecule has 1 saturated carbocycles. The Hall–Kier alpha value is -3.14. The quantitative estimate of drug-likeness (QED) is 0.653. The molecule has 2 heterocycles. The number of amides is 2. The van der Waals surface area contributed by atoms with E-state index in [0.717, 1.165) is 43.4 Å². The van der Waals surface area contributed by atoms with Crippen molar-refractivity contribution in [1.82, 2.24) is 20.1 Å². The molecule has 188 valence electrons. The predicted molar refractivity (Wildman–Crippen MR) is 124 cm³/mol. The monoisotopic (exact) mass is 490 g/mol. The van der Waals surface area contributed by atoms with Gasteiger partial charge >= 0.3 is 6.18 Å². The molecule has 2 amide bonds. The molecule has 2 fully saturated rings. The topological polar surface area (TPSA) is 83.4 Å². The summed E-state index contributed by atoms with van der Waals surface area (Å²) >= 11 is 0. The first-order valence-corrected chi connectivity index (χ1v) is 11.8. The number of nitrogens with zero attached hydrogens (tertiary/aromatic N) is 2. The van der Waals surface area contributed by atoms with Crippen LogP contribution in [0.15, 0.2) is 47.4 Å². The van der Waals surface area contributed by atoms with Gasteiger partial charge in [0.15, 0.2) is 0 Å². The van der Waals surface area contributed by atoms with Gasteiger partial charge in [0, 0.05) is 43.0 Å². The van der Waals surface area contributed by atoms with Crippen molar-refractivity contribution in [3.63, 3.8) is 0 Å². The highest BCUT2D eigenvalue weighted by Crippen LogP contribution is 2.32. The number of rotatable bonds is 6. The van der Waals surface area contributed by atoms with Crippen LogP contribution >= 0.6 is 0 Å². The van der Waals surface area contributed by atoms with Crippen molar-refractivity contribution in [2.24, 2.45) is 0 Å². The van der Waals surface area contributed by atoms with Gasteiger partial charge in [-0.05, 0) is 56.4 Å². The van der Waals surface area contributed by atoms with Gasteiger partial charge in [-0.2, -0.15) is 13.2 Å². The van der Waals surface area contributed by atoms with Crippen molar-refractivity contribution in [2.45, 2.75) is 56.9 Å². The van der Waals surface area contributed by atoms with Crippen LogP contribution in [0.2, 0.25) is 0 Å². The number of halogens is 3. The van der Waals surface area contributed by atoms with E-state index < -0.39 is 17.6 Å². The second-order valence-corrected chi connectivity index (χ2v) is 9.29. The lowest BCUT2D eigenvalue weighted by atomic mass is 9.88. The summed E-state index contributed by atoms with van der Waals surface area (Å²) in [5, 5.41) is 5.65. The van der Waals surface area contributed by atoms with Gasteiger partial charge in [0.1, 0.15) is 0 Å². The number of benzene rings is 1. The van der Waals surface area contributed by atoms with E-state index in [1.54, 1.807) is 16.7 Å². The van der Waals surface area contributed by atoms with E-state index in [0.29, 0.717) is 13.1 Å². The minimum atomic E-state index is -4.55.